The lowest BCUT2D eigenvalue weighted by molar-refractivity contribution is -0.156. The molecule has 0 aromatic heterocycles. The van der Waals surface area contributed by atoms with E-state index in [0.29, 0.717) is 5.56 Å². The highest BCUT2D eigenvalue weighted by molar-refractivity contribution is 5.89. The molecule has 0 fully saturated rings. The summed E-state index contributed by atoms with van der Waals surface area (Å²) in [6.45, 7) is 0.811. The third kappa shape index (κ3) is 9.26. The highest BCUT2D eigenvalue weighted by Gasteiger charge is 2.29. The van der Waals surface area contributed by atoms with Crippen molar-refractivity contribution in [1.29, 1.82) is 0 Å². The molecular formula is C18H24F2N2O6. The van der Waals surface area contributed by atoms with Gasteiger partial charge in [0.1, 0.15) is 11.6 Å². The van der Waals surface area contributed by atoms with E-state index >= 15 is 0 Å². The summed E-state index contributed by atoms with van der Waals surface area (Å²) in [5.41, 5.74) is -0.124. The maximum Gasteiger partial charge on any atom is 0.408 e. The molecule has 0 aliphatic heterocycles. The minimum Gasteiger partial charge on any atom is -0.480 e. The molecule has 10 heteroatoms. The highest BCUT2D eigenvalue weighted by Crippen LogP contribution is 2.09. The number of hydrogen-bond donors (Lipinski definition) is 3. The van der Waals surface area contributed by atoms with Crippen molar-refractivity contribution in [1.82, 2.24) is 10.6 Å². The Bertz CT molecular complexity index is 664. The van der Waals surface area contributed by atoms with Gasteiger partial charge < -0.3 is 25.2 Å². The van der Waals surface area contributed by atoms with Gasteiger partial charge in [0.05, 0.1) is 6.61 Å². The van der Waals surface area contributed by atoms with Crippen molar-refractivity contribution in [2.24, 2.45) is 0 Å². The molecule has 0 aliphatic rings. The summed E-state index contributed by atoms with van der Waals surface area (Å²) in [5, 5.41) is 13.6. The molecule has 0 spiro atoms. The van der Waals surface area contributed by atoms with Crippen LogP contribution in [0.2, 0.25) is 0 Å². The van der Waals surface area contributed by atoms with Crippen molar-refractivity contribution < 1.29 is 37.7 Å². The second-order valence-electron chi connectivity index (χ2n) is 6.88. The normalized spacial score (nSPS) is 13.5. The van der Waals surface area contributed by atoms with Crippen molar-refractivity contribution in [3.8, 4) is 0 Å². The Morgan fingerprint density at radius 3 is 2.18 bits per heavy atom. The molecule has 0 saturated heterocycles. The number of ether oxygens (including phenoxy) is 2. The molecule has 0 bridgehead atoms. The zero-order chi connectivity index (χ0) is 21.3. The Morgan fingerprint density at radius 2 is 1.68 bits per heavy atom. The lowest BCUT2D eigenvalue weighted by Crippen LogP contribution is -2.54. The maximum absolute atomic E-state index is 12.5. The van der Waals surface area contributed by atoms with Gasteiger partial charge >= 0.3 is 18.7 Å². The van der Waals surface area contributed by atoms with Gasteiger partial charge in [-0.3, -0.25) is 4.79 Å². The lowest BCUT2D eigenvalue weighted by Gasteiger charge is -2.24. The van der Waals surface area contributed by atoms with Crippen LogP contribution in [0, 0.1) is 0 Å². The first-order valence-electron chi connectivity index (χ1n) is 8.44. The van der Waals surface area contributed by atoms with Crippen molar-refractivity contribution >= 4 is 18.0 Å². The second-order valence-corrected chi connectivity index (χ2v) is 6.88. The predicted octanol–water partition coefficient (Wildman–Crippen LogP) is 1.93. The minimum atomic E-state index is -3.18. The SMILES string of the molecule is CC(C)(C)OC(=O)N[C@@H](Cc1ccccc1)C(=O)N[C@@H](COC(F)F)C(=O)O. The van der Waals surface area contributed by atoms with Gasteiger partial charge in [0, 0.05) is 6.42 Å². The molecule has 28 heavy (non-hydrogen) atoms. The number of halogens is 2. The van der Waals surface area contributed by atoms with Crippen LogP contribution in [-0.4, -0.2) is 54.0 Å². The van der Waals surface area contributed by atoms with Crippen LogP contribution < -0.4 is 10.6 Å². The summed E-state index contributed by atoms with van der Waals surface area (Å²) in [6.07, 6.45) is -0.840. The Kier molecular flexibility index (Phi) is 8.77. The van der Waals surface area contributed by atoms with Crippen molar-refractivity contribution in [2.45, 2.75) is 51.5 Å². The van der Waals surface area contributed by atoms with Gasteiger partial charge in [0.2, 0.25) is 5.91 Å². The van der Waals surface area contributed by atoms with E-state index in [1.54, 1.807) is 51.1 Å². The smallest absolute Gasteiger partial charge is 0.408 e. The van der Waals surface area contributed by atoms with Crippen molar-refractivity contribution in [3.63, 3.8) is 0 Å². The van der Waals surface area contributed by atoms with Crippen LogP contribution in [0.25, 0.3) is 0 Å². The minimum absolute atomic E-state index is 0.0357. The zero-order valence-corrected chi connectivity index (χ0v) is 15.8. The average molecular weight is 402 g/mol. The van der Waals surface area contributed by atoms with E-state index in [4.69, 9.17) is 9.84 Å². The molecule has 3 N–H and O–H groups in total. The van der Waals surface area contributed by atoms with Crippen LogP contribution in [0.1, 0.15) is 26.3 Å². The number of rotatable bonds is 9. The van der Waals surface area contributed by atoms with Crippen molar-refractivity contribution in [3.05, 3.63) is 35.9 Å². The van der Waals surface area contributed by atoms with E-state index in [9.17, 15) is 23.2 Å². The van der Waals surface area contributed by atoms with E-state index < -0.39 is 48.9 Å². The van der Waals surface area contributed by atoms with Crippen LogP contribution in [0.4, 0.5) is 13.6 Å². The van der Waals surface area contributed by atoms with Crippen LogP contribution in [-0.2, 0) is 25.5 Å². The number of carbonyl (C=O) groups is 3. The fourth-order valence-electron chi connectivity index (χ4n) is 2.12. The molecule has 1 aromatic rings. The van der Waals surface area contributed by atoms with Gasteiger partial charge in [-0.05, 0) is 26.3 Å². The second kappa shape index (κ2) is 10.5. The number of hydrogen-bond acceptors (Lipinski definition) is 5. The fraction of sp³-hybridized carbons (Fsp3) is 0.500. The molecule has 0 unspecified atom stereocenters. The molecule has 0 saturated carbocycles. The highest BCUT2D eigenvalue weighted by atomic mass is 19.3. The predicted molar refractivity (Wildman–Crippen MR) is 94.8 cm³/mol. The monoisotopic (exact) mass is 402 g/mol. The first kappa shape index (κ1) is 23.3. The van der Waals surface area contributed by atoms with Crippen LogP contribution >= 0.6 is 0 Å². The Labute approximate surface area is 161 Å². The van der Waals surface area contributed by atoms with E-state index in [1.807, 2.05) is 0 Å². The number of amides is 2. The van der Waals surface area contributed by atoms with Crippen LogP contribution in [0.3, 0.4) is 0 Å². The summed E-state index contributed by atoms with van der Waals surface area (Å²) < 4.78 is 33.4. The number of benzene rings is 1. The van der Waals surface area contributed by atoms with Crippen LogP contribution in [0.15, 0.2) is 30.3 Å². The Morgan fingerprint density at radius 1 is 1.07 bits per heavy atom. The summed E-state index contributed by atoms with van der Waals surface area (Å²) in [7, 11) is 0. The van der Waals surface area contributed by atoms with Gasteiger partial charge in [-0.1, -0.05) is 30.3 Å². The molecule has 0 radical (unpaired) electrons. The number of carboxylic acids is 1. The molecule has 0 aliphatic carbocycles. The maximum atomic E-state index is 12.5. The molecular weight excluding hydrogens is 378 g/mol. The lowest BCUT2D eigenvalue weighted by atomic mass is 10.0. The third-order valence-corrected chi connectivity index (χ3v) is 3.29. The Balaban J connectivity index is 2.90. The summed E-state index contributed by atoms with van der Waals surface area (Å²) in [4.78, 5) is 35.8. The number of nitrogens with one attached hydrogen (secondary N) is 2. The largest absolute Gasteiger partial charge is 0.480 e. The van der Waals surface area contributed by atoms with Gasteiger partial charge in [0.15, 0.2) is 6.04 Å². The molecule has 8 nitrogen and oxygen atoms in total. The topological polar surface area (TPSA) is 114 Å². The summed E-state index contributed by atoms with van der Waals surface area (Å²) in [5.74, 6) is -2.43. The van der Waals surface area contributed by atoms with Gasteiger partial charge in [-0.15, -0.1) is 0 Å². The number of alkyl halides is 2. The molecule has 1 rings (SSSR count). The van der Waals surface area contributed by atoms with Gasteiger partial charge in [-0.2, -0.15) is 8.78 Å². The number of aliphatic carboxylic acids is 1. The van der Waals surface area contributed by atoms with E-state index in [-0.39, 0.29) is 6.42 Å². The zero-order valence-electron chi connectivity index (χ0n) is 15.8. The number of alkyl carbamates (subject to hydrolysis) is 1. The van der Waals surface area contributed by atoms with E-state index in [0.717, 1.165) is 0 Å². The first-order chi connectivity index (χ1) is 13.0. The van der Waals surface area contributed by atoms with E-state index in [2.05, 4.69) is 15.4 Å². The van der Waals surface area contributed by atoms with Crippen LogP contribution in [0.5, 0.6) is 0 Å². The molecule has 0 heterocycles. The van der Waals surface area contributed by atoms with E-state index in [1.165, 1.54) is 0 Å². The fourth-order valence-corrected chi connectivity index (χ4v) is 2.12. The molecule has 1 aromatic carbocycles. The third-order valence-electron chi connectivity index (χ3n) is 3.29. The van der Waals surface area contributed by atoms with Crippen molar-refractivity contribution in [2.75, 3.05) is 6.61 Å². The molecule has 156 valence electrons. The average Bonchev–Trinajstić information content (AvgIpc) is 2.56. The molecule has 2 amide bonds. The standard InChI is InChI=1S/C18H24F2N2O6/c1-18(2,3)28-17(26)22-12(9-11-7-5-4-6-8-11)14(23)21-13(15(24)25)10-27-16(19)20/h4-8,12-13,16H,9-10H2,1-3H3,(H,21,23)(H,22,26)(H,24,25)/t12-,13-/m0/s1. The van der Waals surface area contributed by atoms with Gasteiger partial charge in [-0.25, -0.2) is 9.59 Å². The summed E-state index contributed by atoms with van der Waals surface area (Å²) >= 11 is 0. The number of carboxylic acid groups (broad SMARTS) is 1. The number of carbonyl (C=O) groups excluding carboxylic acids is 2. The molecule has 2 atom stereocenters. The summed E-state index contributed by atoms with van der Waals surface area (Å²) in [6, 6.07) is 5.76. The van der Waals surface area contributed by atoms with Gasteiger partial charge in [0.25, 0.3) is 0 Å². The quantitative estimate of drug-likeness (QED) is 0.582. The first-order valence-corrected chi connectivity index (χ1v) is 8.44. The Hall–Kier alpha value is -2.75.